The molecule has 0 aliphatic carbocycles. The van der Waals surface area contributed by atoms with Crippen LogP contribution in [0.15, 0.2) is 36.4 Å². The predicted octanol–water partition coefficient (Wildman–Crippen LogP) is 3.29. The largest absolute Gasteiger partial charge is 0.493 e. The summed E-state index contributed by atoms with van der Waals surface area (Å²) in [5.74, 6) is 0.739. The van der Waals surface area contributed by atoms with Crippen molar-refractivity contribution in [3.05, 3.63) is 53.3 Å². The van der Waals surface area contributed by atoms with Gasteiger partial charge in [0.05, 0.1) is 25.9 Å². The van der Waals surface area contributed by atoms with E-state index in [1.807, 2.05) is 12.1 Å². The molecule has 2 aromatic rings. The molecule has 0 unspecified atom stereocenters. The van der Waals surface area contributed by atoms with Crippen molar-refractivity contribution in [2.45, 2.75) is 6.61 Å². The quantitative estimate of drug-likeness (QED) is 0.846. The van der Waals surface area contributed by atoms with E-state index in [9.17, 15) is 4.39 Å². The van der Waals surface area contributed by atoms with Crippen molar-refractivity contribution in [3.8, 4) is 23.3 Å². The molecule has 0 spiro atoms. The Morgan fingerprint density at radius 1 is 1.00 bits per heavy atom. The SMILES string of the molecule is COc1ccc(COc2ccc(C#N)cc2F)cc1OC. The lowest BCUT2D eigenvalue weighted by atomic mass is 10.2. The molecule has 0 aliphatic rings. The van der Waals surface area contributed by atoms with Crippen LogP contribution >= 0.6 is 0 Å². The van der Waals surface area contributed by atoms with E-state index in [4.69, 9.17) is 19.5 Å². The molecule has 0 saturated carbocycles. The molecule has 0 bridgehead atoms. The first-order chi connectivity index (χ1) is 10.2. The molecule has 0 aromatic heterocycles. The van der Waals surface area contributed by atoms with Gasteiger partial charge in [0, 0.05) is 0 Å². The zero-order valence-electron chi connectivity index (χ0n) is 11.7. The molecule has 5 heteroatoms. The number of benzene rings is 2. The first-order valence-electron chi connectivity index (χ1n) is 6.21. The van der Waals surface area contributed by atoms with Crippen LogP contribution in [-0.4, -0.2) is 14.2 Å². The number of rotatable bonds is 5. The first kappa shape index (κ1) is 14.7. The van der Waals surface area contributed by atoms with Gasteiger partial charge in [-0.25, -0.2) is 4.39 Å². The highest BCUT2D eigenvalue weighted by Crippen LogP contribution is 2.28. The fraction of sp³-hybridized carbons (Fsp3) is 0.188. The summed E-state index contributed by atoms with van der Waals surface area (Å²) in [4.78, 5) is 0. The van der Waals surface area contributed by atoms with Gasteiger partial charge in [-0.15, -0.1) is 0 Å². The van der Waals surface area contributed by atoms with Crippen molar-refractivity contribution in [3.63, 3.8) is 0 Å². The number of ether oxygens (including phenoxy) is 3. The molecule has 2 aromatic carbocycles. The van der Waals surface area contributed by atoms with E-state index in [2.05, 4.69) is 0 Å². The lowest BCUT2D eigenvalue weighted by molar-refractivity contribution is 0.288. The number of nitriles is 1. The molecule has 4 nitrogen and oxygen atoms in total. The molecule has 0 amide bonds. The third-order valence-corrected chi connectivity index (χ3v) is 2.90. The summed E-state index contributed by atoms with van der Waals surface area (Å²) in [5.41, 5.74) is 1.07. The molecule has 0 radical (unpaired) electrons. The average Bonchev–Trinajstić information content (AvgIpc) is 2.53. The van der Waals surface area contributed by atoms with Crippen LogP contribution in [0.2, 0.25) is 0 Å². The monoisotopic (exact) mass is 287 g/mol. The summed E-state index contributed by atoms with van der Waals surface area (Å²) in [5, 5.41) is 8.68. The molecule has 21 heavy (non-hydrogen) atoms. The van der Waals surface area contributed by atoms with E-state index in [0.29, 0.717) is 11.5 Å². The second-order valence-corrected chi connectivity index (χ2v) is 4.24. The normalized spacial score (nSPS) is 9.81. The van der Waals surface area contributed by atoms with Crippen LogP contribution < -0.4 is 14.2 Å². The second kappa shape index (κ2) is 6.62. The highest BCUT2D eigenvalue weighted by molar-refractivity contribution is 5.43. The van der Waals surface area contributed by atoms with Crippen molar-refractivity contribution in [2.24, 2.45) is 0 Å². The summed E-state index contributed by atoms with van der Waals surface area (Å²) in [7, 11) is 3.10. The summed E-state index contributed by atoms with van der Waals surface area (Å²) in [6.07, 6.45) is 0. The molecular weight excluding hydrogens is 273 g/mol. The fourth-order valence-corrected chi connectivity index (χ4v) is 1.82. The number of hydrogen-bond acceptors (Lipinski definition) is 4. The fourth-order valence-electron chi connectivity index (χ4n) is 1.82. The Morgan fingerprint density at radius 2 is 1.71 bits per heavy atom. The Balaban J connectivity index is 2.11. The lowest BCUT2D eigenvalue weighted by Gasteiger charge is -2.11. The predicted molar refractivity (Wildman–Crippen MR) is 75.0 cm³/mol. The Bertz CT molecular complexity index is 680. The van der Waals surface area contributed by atoms with E-state index in [1.165, 1.54) is 12.1 Å². The minimum atomic E-state index is -0.561. The van der Waals surface area contributed by atoms with Gasteiger partial charge in [0.1, 0.15) is 6.61 Å². The van der Waals surface area contributed by atoms with E-state index in [-0.39, 0.29) is 17.9 Å². The highest BCUT2D eigenvalue weighted by atomic mass is 19.1. The van der Waals surface area contributed by atoms with E-state index in [1.54, 1.807) is 26.4 Å². The molecule has 108 valence electrons. The number of nitrogens with zero attached hydrogens (tertiary/aromatic N) is 1. The van der Waals surface area contributed by atoms with Crippen molar-refractivity contribution in [2.75, 3.05) is 14.2 Å². The van der Waals surface area contributed by atoms with Crippen LogP contribution in [0.5, 0.6) is 17.2 Å². The Labute approximate surface area is 122 Å². The number of hydrogen-bond donors (Lipinski definition) is 0. The van der Waals surface area contributed by atoms with Crippen LogP contribution in [0, 0.1) is 17.1 Å². The smallest absolute Gasteiger partial charge is 0.166 e. The lowest BCUT2D eigenvalue weighted by Crippen LogP contribution is -1.99. The van der Waals surface area contributed by atoms with Gasteiger partial charge in [-0.3, -0.25) is 0 Å². The van der Waals surface area contributed by atoms with Crippen LogP contribution in [0.3, 0.4) is 0 Å². The molecule has 0 saturated heterocycles. The Kier molecular flexibility index (Phi) is 4.62. The second-order valence-electron chi connectivity index (χ2n) is 4.24. The van der Waals surface area contributed by atoms with Gasteiger partial charge in [-0.05, 0) is 35.9 Å². The maximum atomic E-state index is 13.7. The molecule has 0 aliphatic heterocycles. The van der Waals surface area contributed by atoms with Crippen molar-refractivity contribution in [1.82, 2.24) is 0 Å². The first-order valence-corrected chi connectivity index (χ1v) is 6.21. The van der Waals surface area contributed by atoms with Crippen molar-refractivity contribution >= 4 is 0 Å². The third kappa shape index (κ3) is 3.42. The summed E-state index contributed by atoms with van der Waals surface area (Å²) in [6.45, 7) is 0.184. The Hall–Kier alpha value is -2.74. The number of methoxy groups -OCH3 is 2. The molecule has 0 heterocycles. The minimum Gasteiger partial charge on any atom is -0.493 e. The average molecular weight is 287 g/mol. The zero-order valence-corrected chi connectivity index (χ0v) is 11.7. The summed E-state index contributed by atoms with van der Waals surface area (Å²) >= 11 is 0. The maximum absolute atomic E-state index is 13.7. The van der Waals surface area contributed by atoms with Gasteiger partial charge >= 0.3 is 0 Å². The molecule has 0 fully saturated rings. The van der Waals surface area contributed by atoms with Gasteiger partial charge in [0.15, 0.2) is 23.1 Å². The van der Waals surface area contributed by atoms with Crippen LogP contribution in [0.4, 0.5) is 4.39 Å². The van der Waals surface area contributed by atoms with Gasteiger partial charge in [-0.2, -0.15) is 5.26 Å². The van der Waals surface area contributed by atoms with Gasteiger partial charge < -0.3 is 14.2 Å². The van der Waals surface area contributed by atoms with Crippen LogP contribution in [0.1, 0.15) is 11.1 Å². The van der Waals surface area contributed by atoms with E-state index in [0.717, 1.165) is 11.6 Å². The summed E-state index contributed by atoms with van der Waals surface area (Å²) < 4.78 is 29.4. The highest BCUT2D eigenvalue weighted by Gasteiger charge is 2.08. The van der Waals surface area contributed by atoms with Gasteiger partial charge in [-0.1, -0.05) is 6.07 Å². The molecular formula is C16H14FNO3. The maximum Gasteiger partial charge on any atom is 0.166 e. The van der Waals surface area contributed by atoms with Crippen LogP contribution in [0.25, 0.3) is 0 Å². The summed E-state index contributed by atoms with van der Waals surface area (Å²) in [6, 6.07) is 11.3. The van der Waals surface area contributed by atoms with Gasteiger partial charge in [0.25, 0.3) is 0 Å². The third-order valence-electron chi connectivity index (χ3n) is 2.90. The topological polar surface area (TPSA) is 51.5 Å². The van der Waals surface area contributed by atoms with E-state index < -0.39 is 5.82 Å². The molecule has 0 N–H and O–H groups in total. The van der Waals surface area contributed by atoms with Crippen molar-refractivity contribution < 1.29 is 18.6 Å². The molecule has 2 rings (SSSR count). The van der Waals surface area contributed by atoms with E-state index >= 15 is 0 Å². The standard InChI is InChI=1S/C16H14FNO3/c1-19-15-6-4-12(8-16(15)20-2)10-21-14-5-3-11(9-18)7-13(14)17/h3-8H,10H2,1-2H3. The van der Waals surface area contributed by atoms with Crippen LogP contribution in [-0.2, 0) is 6.61 Å². The number of halogens is 1. The van der Waals surface area contributed by atoms with Gasteiger partial charge in [0.2, 0.25) is 0 Å². The Morgan fingerprint density at radius 3 is 2.33 bits per heavy atom. The zero-order chi connectivity index (χ0) is 15.2. The molecule has 0 atom stereocenters. The van der Waals surface area contributed by atoms with Crippen molar-refractivity contribution in [1.29, 1.82) is 5.26 Å². The minimum absolute atomic E-state index is 0.101.